The van der Waals surface area contributed by atoms with E-state index in [2.05, 4.69) is 25.0 Å². The van der Waals surface area contributed by atoms with E-state index in [1.165, 1.54) is 18.9 Å². The Labute approximate surface area is 130 Å². The van der Waals surface area contributed by atoms with Crippen molar-refractivity contribution in [3.05, 3.63) is 17.5 Å². The highest BCUT2D eigenvalue weighted by atomic mass is 32.2. The zero-order chi connectivity index (χ0) is 15.7. The first-order valence-corrected chi connectivity index (χ1v) is 7.70. The number of hydrogen-bond acceptors (Lipinski definition) is 8. The highest BCUT2D eigenvalue weighted by molar-refractivity contribution is 7.99. The number of hydrogen-bond donors (Lipinski definition) is 0. The van der Waals surface area contributed by atoms with Crippen LogP contribution >= 0.6 is 11.8 Å². The molecule has 22 heavy (non-hydrogen) atoms. The summed E-state index contributed by atoms with van der Waals surface area (Å²) in [6.45, 7) is 3.88. The van der Waals surface area contributed by atoms with E-state index in [-0.39, 0.29) is 6.10 Å². The van der Waals surface area contributed by atoms with Gasteiger partial charge in [0.1, 0.15) is 6.10 Å². The lowest BCUT2D eigenvalue weighted by atomic mass is 10.2. The molecule has 0 saturated carbocycles. The van der Waals surface area contributed by atoms with Crippen LogP contribution in [0.1, 0.15) is 17.8 Å². The van der Waals surface area contributed by atoms with Crippen LogP contribution in [0.2, 0.25) is 0 Å². The Balaban J connectivity index is 1.63. The molecule has 2 aromatic rings. The summed E-state index contributed by atoms with van der Waals surface area (Å²) in [6.07, 6.45) is 0.255. The number of thioether (sulfide) groups is 1. The van der Waals surface area contributed by atoms with Crippen LogP contribution in [0.4, 0.5) is 0 Å². The van der Waals surface area contributed by atoms with Crippen molar-refractivity contribution in [1.82, 2.24) is 19.6 Å². The van der Waals surface area contributed by atoms with Gasteiger partial charge in [-0.3, -0.25) is 0 Å². The summed E-state index contributed by atoms with van der Waals surface area (Å²) in [7, 11) is 1.32. The molecule has 9 heteroatoms. The maximum Gasteiger partial charge on any atom is 0.355 e. The third kappa shape index (κ3) is 2.89. The second-order valence-corrected chi connectivity index (χ2v) is 5.90. The number of esters is 1. The van der Waals surface area contributed by atoms with E-state index in [1.807, 2.05) is 19.9 Å². The topological polar surface area (TPSA) is 91.0 Å². The van der Waals surface area contributed by atoms with E-state index in [1.54, 1.807) is 4.52 Å². The van der Waals surface area contributed by atoms with Crippen LogP contribution in [0, 0.1) is 13.8 Å². The van der Waals surface area contributed by atoms with E-state index in [9.17, 15) is 4.79 Å². The van der Waals surface area contributed by atoms with Crippen LogP contribution in [-0.4, -0.2) is 50.2 Å². The quantitative estimate of drug-likeness (QED) is 0.616. The zero-order valence-corrected chi connectivity index (χ0v) is 13.3. The normalized spacial score (nSPS) is 17.4. The second-order valence-electron chi connectivity index (χ2n) is 4.92. The fourth-order valence-corrected chi connectivity index (χ4v) is 2.93. The highest BCUT2D eigenvalue weighted by Crippen LogP contribution is 2.21. The Morgan fingerprint density at radius 2 is 2.32 bits per heavy atom. The average molecular weight is 321 g/mol. The van der Waals surface area contributed by atoms with E-state index < -0.39 is 5.97 Å². The number of methoxy groups -OCH3 is 1. The Hall–Kier alpha value is -2.16. The van der Waals surface area contributed by atoms with Gasteiger partial charge in [-0.05, 0) is 19.9 Å². The van der Waals surface area contributed by atoms with Crippen LogP contribution in [0.5, 0.6) is 0 Å². The third-order valence-corrected chi connectivity index (χ3v) is 4.12. The fourth-order valence-electron chi connectivity index (χ4n) is 2.13. The molecule has 1 atom stereocenters. The van der Waals surface area contributed by atoms with Crippen molar-refractivity contribution in [1.29, 1.82) is 0 Å². The monoisotopic (exact) mass is 321 g/mol. The molecule has 0 amide bonds. The van der Waals surface area contributed by atoms with Crippen LogP contribution in [0.15, 0.2) is 16.4 Å². The molecule has 1 aliphatic rings. The molecule has 0 radical (unpaired) electrons. The van der Waals surface area contributed by atoms with Gasteiger partial charge < -0.3 is 9.57 Å². The summed E-state index contributed by atoms with van der Waals surface area (Å²) in [5, 5.41) is 8.77. The SMILES string of the molecule is COC(=O)C1=NO[C@H](CSc2nc3nc(C)cc(C)n3n2)C1. The highest BCUT2D eigenvalue weighted by Gasteiger charge is 2.27. The third-order valence-electron chi connectivity index (χ3n) is 3.15. The summed E-state index contributed by atoms with van der Waals surface area (Å²) < 4.78 is 6.33. The van der Waals surface area contributed by atoms with Gasteiger partial charge >= 0.3 is 5.97 Å². The van der Waals surface area contributed by atoms with Crippen molar-refractivity contribution < 1.29 is 14.4 Å². The van der Waals surface area contributed by atoms with Gasteiger partial charge in [-0.25, -0.2) is 14.3 Å². The minimum Gasteiger partial charge on any atom is -0.464 e. The van der Waals surface area contributed by atoms with Crippen molar-refractivity contribution in [2.75, 3.05) is 12.9 Å². The van der Waals surface area contributed by atoms with Crippen LogP contribution < -0.4 is 0 Å². The van der Waals surface area contributed by atoms with Crippen LogP contribution in [0.25, 0.3) is 5.78 Å². The molecule has 0 N–H and O–H groups in total. The van der Waals surface area contributed by atoms with Gasteiger partial charge in [0.15, 0.2) is 5.71 Å². The Kier molecular flexibility index (Phi) is 3.97. The number of nitrogens with zero attached hydrogens (tertiary/aromatic N) is 5. The van der Waals surface area contributed by atoms with Gasteiger partial charge in [-0.2, -0.15) is 4.98 Å². The minimum atomic E-state index is -0.450. The lowest BCUT2D eigenvalue weighted by Crippen LogP contribution is -2.17. The number of carbonyl (C=O) groups excluding carboxylic acids is 1. The Morgan fingerprint density at radius 1 is 1.50 bits per heavy atom. The molecule has 0 fully saturated rings. The standard InChI is InChI=1S/C13H15N5O3S/c1-7-4-8(2)18-12(14-7)15-13(16-18)22-6-9-5-10(17-21-9)11(19)20-3/h4,9H,5-6H2,1-3H3/t9-/m0/s1. The lowest BCUT2D eigenvalue weighted by molar-refractivity contribution is -0.132. The molecule has 0 spiro atoms. The number of oxime groups is 1. The predicted octanol–water partition coefficient (Wildman–Crippen LogP) is 1.15. The summed E-state index contributed by atoms with van der Waals surface area (Å²) in [4.78, 5) is 25.3. The molecular weight excluding hydrogens is 306 g/mol. The molecule has 0 bridgehead atoms. The first kappa shape index (κ1) is 14.8. The Morgan fingerprint density at radius 3 is 3.09 bits per heavy atom. The van der Waals surface area contributed by atoms with Gasteiger partial charge in [-0.1, -0.05) is 16.9 Å². The maximum atomic E-state index is 11.3. The van der Waals surface area contributed by atoms with Gasteiger partial charge in [0.2, 0.25) is 5.16 Å². The van der Waals surface area contributed by atoms with Crippen molar-refractivity contribution in [3.8, 4) is 0 Å². The van der Waals surface area contributed by atoms with Crippen LogP contribution in [0.3, 0.4) is 0 Å². The molecule has 3 heterocycles. The largest absolute Gasteiger partial charge is 0.464 e. The first-order chi connectivity index (χ1) is 10.6. The average Bonchev–Trinajstić information content (AvgIpc) is 3.10. The first-order valence-electron chi connectivity index (χ1n) is 6.71. The van der Waals surface area contributed by atoms with Crippen molar-refractivity contribution in [2.45, 2.75) is 31.5 Å². The van der Waals surface area contributed by atoms with Crippen molar-refractivity contribution in [3.63, 3.8) is 0 Å². The minimum absolute atomic E-state index is 0.179. The predicted molar refractivity (Wildman–Crippen MR) is 79.9 cm³/mol. The molecule has 3 rings (SSSR count). The van der Waals surface area contributed by atoms with Crippen molar-refractivity contribution >= 4 is 29.2 Å². The van der Waals surface area contributed by atoms with E-state index in [0.29, 0.717) is 28.8 Å². The molecule has 8 nitrogen and oxygen atoms in total. The molecular formula is C13H15N5O3S. The fraction of sp³-hybridized carbons (Fsp3) is 0.462. The van der Waals surface area contributed by atoms with E-state index in [4.69, 9.17) is 4.84 Å². The van der Waals surface area contributed by atoms with Gasteiger partial charge in [0.25, 0.3) is 5.78 Å². The molecule has 1 aliphatic heterocycles. The molecule has 0 saturated heterocycles. The van der Waals surface area contributed by atoms with Crippen molar-refractivity contribution in [2.24, 2.45) is 5.16 Å². The molecule has 116 valence electrons. The number of carbonyl (C=O) groups is 1. The Bertz CT molecular complexity index is 757. The molecule has 0 aromatic carbocycles. The lowest BCUT2D eigenvalue weighted by Gasteiger charge is -2.04. The number of aromatic nitrogens is 4. The van der Waals surface area contributed by atoms with Gasteiger partial charge in [0, 0.05) is 23.6 Å². The summed E-state index contributed by atoms with van der Waals surface area (Å²) in [6, 6.07) is 1.95. The van der Waals surface area contributed by atoms with Gasteiger partial charge in [-0.15, -0.1) is 5.10 Å². The van der Waals surface area contributed by atoms with Gasteiger partial charge in [0.05, 0.1) is 7.11 Å². The zero-order valence-electron chi connectivity index (χ0n) is 12.4. The number of fused-ring (bicyclic) bond motifs is 1. The van der Waals surface area contributed by atoms with E-state index >= 15 is 0 Å². The summed E-state index contributed by atoms with van der Waals surface area (Å²) >= 11 is 1.45. The number of aryl methyl sites for hydroxylation is 2. The number of ether oxygens (including phenoxy) is 1. The molecule has 2 aromatic heterocycles. The second kappa shape index (κ2) is 5.91. The maximum absolute atomic E-state index is 11.3. The number of rotatable bonds is 4. The smallest absolute Gasteiger partial charge is 0.355 e. The summed E-state index contributed by atoms with van der Waals surface area (Å²) in [5.41, 5.74) is 2.20. The molecule has 0 aliphatic carbocycles. The van der Waals surface area contributed by atoms with Crippen LogP contribution in [-0.2, 0) is 14.4 Å². The van der Waals surface area contributed by atoms with E-state index in [0.717, 1.165) is 11.4 Å². The molecule has 0 unspecified atom stereocenters. The summed E-state index contributed by atoms with van der Waals surface area (Å²) in [5.74, 6) is 0.728.